The number of fused-ring (bicyclic) bond motifs is 1. The average molecular weight is 313 g/mol. The molecule has 0 atom stereocenters. The summed E-state index contributed by atoms with van der Waals surface area (Å²) < 4.78 is 5.76. The van der Waals surface area contributed by atoms with Crippen molar-refractivity contribution in [2.45, 2.75) is 6.92 Å². The lowest BCUT2D eigenvalue weighted by atomic mass is 10.0. The van der Waals surface area contributed by atoms with Crippen LogP contribution in [0.3, 0.4) is 0 Å². The quantitative estimate of drug-likeness (QED) is 0.735. The van der Waals surface area contributed by atoms with Gasteiger partial charge in [-0.1, -0.05) is 24.3 Å². The fourth-order valence-corrected chi connectivity index (χ4v) is 2.48. The molecule has 0 radical (unpaired) electrons. The van der Waals surface area contributed by atoms with Gasteiger partial charge in [0.15, 0.2) is 6.61 Å². The largest absolute Gasteiger partial charge is 0.483 e. The van der Waals surface area contributed by atoms with E-state index in [4.69, 9.17) is 10.1 Å². The van der Waals surface area contributed by atoms with Crippen LogP contribution in [0.2, 0.25) is 0 Å². The molecule has 0 fully saturated rings. The first-order valence-electron chi connectivity index (χ1n) is 7.78. The van der Waals surface area contributed by atoms with Gasteiger partial charge in [-0.25, -0.2) is 0 Å². The molecule has 0 unspecified atom stereocenters. The zero-order valence-electron chi connectivity index (χ0n) is 13.6. The van der Waals surface area contributed by atoms with Crippen molar-refractivity contribution in [1.82, 2.24) is 10.2 Å². The Balaban J connectivity index is 2.13. The molecule has 0 heterocycles. The summed E-state index contributed by atoms with van der Waals surface area (Å²) >= 11 is 0. The van der Waals surface area contributed by atoms with E-state index in [1.54, 1.807) is 4.90 Å². The second kappa shape index (κ2) is 8.29. The maximum absolute atomic E-state index is 12.2. The van der Waals surface area contributed by atoms with Crippen LogP contribution < -0.4 is 10.1 Å². The highest BCUT2D eigenvalue weighted by Crippen LogP contribution is 2.27. The summed E-state index contributed by atoms with van der Waals surface area (Å²) in [6.07, 6.45) is 1.33. The predicted molar refractivity (Wildman–Crippen MR) is 93.5 cm³/mol. The summed E-state index contributed by atoms with van der Waals surface area (Å²) in [5, 5.41) is 12.4. The lowest BCUT2D eigenvalue weighted by Crippen LogP contribution is -2.38. The third kappa shape index (κ3) is 4.07. The molecule has 2 aromatic rings. The Morgan fingerprint density at radius 2 is 2.00 bits per heavy atom. The molecule has 2 aromatic carbocycles. The maximum atomic E-state index is 12.2. The van der Waals surface area contributed by atoms with Crippen LogP contribution in [0.15, 0.2) is 36.4 Å². The summed E-state index contributed by atoms with van der Waals surface area (Å²) in [5.41, 5.74) is 0.837. The van der Waals surface area contributed by atoms with Crippen LogP contribution in [0.1, 0.15) is 12.5 Å². The first kappa shape index (κ1) is 17.0. The minimum Gasteiger partial charge on any atom is -0.483 e. The van der Waals surface area contributed by atoms with Crippen molar-refractivity contribution in [1.29, 1.82) is 5.41 Å². The molecule has 0 aliphatic rings. The molecule has 0 bridgehead atoms. The van der Waals surface area contributed by atoms with Crippen LogP contribution in [0.25, 0.3) is 10.8 Å². The SMILES string of the molecule is CCN(CCNC)C(=O)COc1ccc(C=N)c2ccccc12. The highest BCUT2D eigenvalue weighted by atomic mass is 16.5. The number of hydrogen-bond acceptors (Lipinski definition) is 4. The van der Waals surface area contributed by atoms with Crippen LogP contribution in [-0.4, -0.2) is 50.3 Å². The molecular formula is C18H23N3O2. The third-order valence-electron chi connectivity index (χ3n) is 3.79. The summed E-state index contributed by atoms with van der Waals surface area (Å²) in [4.78, 5) is 14.0. The van der Waals surface area contributed by atoms with Crippen LogP contribution in [0.5, 0.6) is 5.75 Å². The minimum atomic E-state index is -0.0250. The van der Waals surface area contributed by atoms with Crippen LogP contribution in [0, 0.1) is 5.41 Å². The van der Waals surface area contributed by atoms with Gasteiger partial charge in [0, 0.05) is 36.8 Å². The molecule has 0 spiro atoms. The van der Waals surface area contributed by atoms with Gasteiger partial charge < -0.3 is 20.4 Å². The van der Waals surface area contributed by atoms with Gasteiger partial charge in [-0.3, -0.25) is 4.79 Å². The number of hydrogen-bond donors (Lipinski definition) is 2. The number of benzene rings is 2. The summed E-state index contributed by atoms with van der Waals surface area (Å²) in [5.74, 6) is 0.646. The van der Waals surface area contributed by atoms with E-state index in [2.05, 4.69) is 5.32 Å². The van der Waals surface area contributed by atoms with E-state index in [1.165, 1.54) is 6.21 Å². The predicted octanol–water partition coefficient (Wildman–Crippen LogP) is 2.28. The fourth-order valence-electron chi connectivity index (χ4n) is 2.48. The number of carbonyl (C=O) groups excluding carboxylic acids is 1. The monoisotopic (exact) mass is 313 g/mol. The number of likely N-dealkylation sites (N-methyl/N-ethyl adjacent to an activating group) is 2. The smallest absolute Gasteiger partial charge is 0.260 e. The zero-order valence-corrected chi connectivity index (χ0v) is 13.6. The molecule has 5 nitrogen and oxygen atoms in total. The molecule has 0 saturated carbocycles. The molecule has 0 saturated heterocycles. The number of nitrogens with one attached hydrogen (secondary N) is 2. The zero-order chi connectivity index (χ0) is 16.7. The number of ether oxygens (including phenoxy) is 1. The maximum Gasteiger partial charge on any atom is 0.260 e. The van der Waals surface area contributed by atoms with E-state index in [0.717, 1.165) is 22.9 Å². The Kier molecular flexibility index (Phi) is 6.11. The highest BCUT2D eigenvalue weighted by Gasteiger charge is 2.13. The number of amides is 1. The minimum absolute atomic E-state index is 0.0193. The molecule has 2 N–H and O–H groups in total. The summed E-state index contributed by atoms with van der Waals surface area (Å²) in [7, 11) is 1.87. The molecule has 23 heavy (non-hydrogen) atoms. The van der Waals surface area contributed by atoms with E-state index in [0.29, 0.717) is 18.8 Å². The fraction of sp³-hybridized carbons (Fsp3) is 0.333. The molecule has 0 aromatic heterocycles. The van der Waals surface area contributed by atoms with E-state index in [1.807, 2.05) is 50.4 Å². The number of nitrogens with zero attached hydrogens (tertiary/aromatic N) is 1. The van der Waals surface area contributed by atoms with Gasteiger partial charge in [0.2, 0.25) is 0 Å². The summed E-state index contributed by atoms with van der Waals surface area (Å²) in [6, 6.07) is 11.4. The number of rotatable bonds is 8. The molecule has 0 aliphatic heterocycles. The molecule has 2 rings (SSSR count). The van der Waals surface area contributed by atoms with Gasteiger partial charge in [0.05, 0.1) is 0 Å². The van der Waals surface area contributed by atoms with Crippen molar-refractivity contribution in [3.05, 3.63) is 42.0 Å². The lowest BCUT2D eigenvalue weighted by molar-refractivity contribution is -0.133. The van der Waals surface area contributed by atoms with Crippen LogP contribution in [0.4, 0.5) is 0 Å². The van der Waals surface area contributed by atoms with E-state index >= 15 is 0 Å². The van der Waals surface area contributed by atoms with Gasteiger partial charge >= 0.3 is 0 Å². The molecule has 122 valence electrons. The normalized spacial score (nSPS) is 10.5. The van der Waals surface area contributed by atoms with E-state index in [9.17, 15) is 4.79 Å². The molecular weight excluding hydrogens is 290 g/mol. The Morgan fingerprint density at radius 3 is 2.65 bits per heavy atom. The topological polar surface area (TPSA) is 65.4 Å². The Labute approximate surface area is 136 Å². The average Bonchev–Trinajstić information content (AvgIpc) is 2.60. The van der Waals surface area contributed by atoms with Gasteiger partial charge in [-0.2, -0.15) is 0 Å². The molecule has 5 heteroatoms. The van der Waals surface area contributed by atoms with Crippen molar-refractivity contribution < 1.29 is 9.53 Å². The van der Waals surface area contributed by atoms with E-state index < -0.39 is 0 Å². The Hall–Kier alpha value is -2.40. The van der Waals surface area contributed by atoms with Gasteiger partial charge in [-0.05, 0) is 31.5 Å². The van der Waals surface area contributed by atoms with Crippen molar-refractivity contribution in [3.63, 3.8) is 0 Å². The Bertz CT molecular complexity index is 685. The second-order valence-corrected chi connectivity index (χ2v) is 5.21. The standard InChI is InChI=1S/C18H23N3O2/c1-3-21(11-10-20-2)18(22)13-23-17-9-8-14(12-19)15-6-4-5-7-16(15)17/h4-9,12,19-20H,3,10-11,13H2,1-2H3. The number of carbonyl (C=O) groups is 1. The molecule has 0 aliphatic carbocycles. The summed E-state index contributed by atoms with van der Waals surface area (Å²) in [6.45, 7) is 4.07. The highest BCUT2D eigenvalue weighted by molar-refractivity contribution is 6.01. The van der Waals surface area contributed by atoms with Gasteiger partial charge in [0.1, 0.15) is 5.75 Å². The lowest BCUT2D eigenvalue weighted by Gasteiger charge is -2.21. The van der Waals surface area contributed by atoms with Crippen molar-refractivity contribution >= 4 is 22.9 Å². The van der Waals surface area contributed by atoms with Crippen molar-refractivity contribution in [2.24, 2.45) is 0 Å². The third-order valence-corrected chi connectivity index (χ3v) is 3.79. The van der Waals surface area contributed by atoms with Crippen LogP contribution >= 0.6 is 0 Å². The van der Waals surface area contributed by atoms with Gasteiger partial charge in [0.25, 0.3) is 5.91 Å². The first-order chi connectivity index (χ1) is 11.2. The van der Waals surface area contributed by atoms with Crippen molar-refractivity contribution in [2.75, 3.05) is 33.3 Å². The second-order valence-electron chi connectivity index (χ2n) is 5.21. The van der Waals surface area contributed by atoms with Gasteiger partial charge in [-0.15, -0.1) is 0 Å². The van der Waals surface area contributed by atoms with E-state index in [-0.39, 0.29) is 12.5 Å². The van der Waals surface area contributed by atoms with Crippen LogP contribution in [-0.2, 0) is 4.79 Å². The van der Waals surface area contributed by atoms with Crippen molar-refractivity contribution in [3.8, 4) is 5.75 Å². The Morgan fingerprint density at radius 1 is 1.26 bits per heavy atom. The molecule has 1 amide bonds. The first-order valence-corrected chi connectivity index (χ1v) is 7.78.